The number of benzene rings is 1. The number of ether oxygens (including phenoxy) is 1. The Morgan fingerprint density at radius 3 is 2.88 bits per heavy atom. The van der Waals surface area contributed by atoms with Crippen LogP contribution in [0.15, 0.2) is 36.5 Å². The van der Waals surface area contributed by atoms with E-state index in [1.165, 1.54) is 0 Å². The highest BCUT2D eigenvalue weighted by molar-refractivity contribution is 14.1. The molecule has 0 saturated heterocycles. The zero-order valence-electron chi connectivity index (χ0n) is 9.28. The number of aryl methyl sites for hydroxylation is 1. The van der Waals surface area contributed by atoms with E-state index < -0.39 is 0 Å². The van der Waals surface area contributed by atoms with Crippen LogP contribution in [0.1, 0.15) is 11.3 Å². The van der Waals surface area contributed by atoms with Crippen LogP contribution in [0.25, 0.3) is 0 Å². The molecule has 0 unspecified atom stereocenters. The smallest absolute Gasteiger partial charge is 0.135 e. The summed E-state index contributed by atoms with van der Waals surface area (Å²) in [6.07, 6.45) is 1.76. The van der Waals surface area contributed by atoms with Gasteiger partial charge >= 0.3 is 0 Å². The molecule has 0 atom stereocenters. The summed E-state index contributed by atoms with van der Waals surface area (Å²) in [6.45, 7) is 1.93. The van der Waals surface area contributed by atoms with Crippen molar-refractivity contribution in [2.75, 3.05) is 0 Å². The summed E-state index contributed by atoms with van der Waals surface area (Å²) in [7, 11) is 0. The number of hydrogen-bond acceptors (Lipinski definition) is 2. The van der Waals surface area contributed by atoms with Crippen LogP contribution in [-0.4, -0.2) is 4.98 Å². The Labute approximate surface area is 119 Å². The van der Waals surface area contributed by atoms with Crippen molar-refractivity contribution in [3.63, 3.8) is 0 Å². The van der Waals surface area contributed by atoms with Gasteiger partial charge in [0.05, 0.1) is 5.88 Å². The lowest BCUT2D eigenvalue weighted by atomic mass is 10.2. The molecule has 1 aromatic heterocycles. The number of nitrogens with zero attached hydrogens (tertiary/aromatic N) is 1. The van der Waals surface area contributed by atoms with Crippen LogP contribution < -0.4 is 4.74 Å². The molecule has 0 radical (unpaired) electrons. The Morgan fingerprint density at radius 1 is 1.35 bits per heavy atom. The maximum Gasteiger partial charge on any atom is 0.135 e. The lowest BCUT2D eigenvalue weighted by molar-refractivity contribution is 0.476. The van der Waals surface area contributed by atoms with Crippen molar-refractivity contribution < 1.29 is 4.74 Å². The Hall–Kier alpha value is -0.810. The van der Waals surface area contributed by atoms with Crippen LogP contribution in [-0.2, 0) is 5.88 Å². The second kappa shape index (κ2) is 5.69. The van der Waals surface area contributed by atoms with Crippen molar-refractivity contribution in [3.05, 3.63) is 51.4 Å². The monoisotopic (exact) mass is 359 g/mol. The maximum absolute atomic E-state index is 5.86. The molecule has 0 aliphatic rings. The first-order valence-corrected chi connectivity index (χ1v) is 6.75. The third-order valence-corrected chi connectivity index (χ3v) is 3.21. The van der Waals surface area contributed by atoms with Gasteiger partial charge in [-0.05, 0) is 47.7 Å². The molecule has 0 aliphatic carbocycles. The highest BCUT2D eigenvalue weighted by Crippen LogP contribution is 2.27. The molecule has 0 spiro atoms. The average Bonchev–Trinajstić information content (AvgIpc) is 2.29. The van der Waals surface area contributed by atoms with E-state index in [1.54, 1.807) is 6.20 Å². The van der Waals surface area contributed by atoms with Gasteiger partial charge in [-0.3, -0.25) is 4.98 Å². The number of aromatic nitrogens is 1. The summed E-state index contributed by atoms with van der Waals surface area (Å²) in [5.41, 5.74) is 1.82. The maximum atomic E-state index is 5.86. The number of hydrogen-bond donors (Lipinski definition) is 0. The Morgan fingerprint density at radius 2 is 2.18 bits per heavy atom. The molecule has 2 aromatic rings. The van der Waals surface area contributed by atoms with Gasteiger partial charge in [-0.1, -0.05) is 6.07 Å². The third-order valence-electron chi connectivity index (χ3n) is 2.25. The van der Waals surface area contributed by atoms with Crippen molar-refractivity contribution >= 4 is 34.2 Å². The van der Waals surface area contributed by atoms with Gasteiger partial charge in [0, 0.05) is 27.1 Å². The van der Waals surface area contributed by atoms with Gasteiger partial charge in [0.1, 0.15) is 11.5 Å². The predicted octanol–water partition coefficient (Wildman–Crippen LogP) is 4.53. The number of rotatable bonds is 3. The van der Waals surface area contributed by atoms with Crippen LogP contribution in [0.2, 0.25) is 0 Å². The zero-order valence-corrected chi connectivity index (χ0v) is 12.2. The zero-order chi connectivity index (χ0) is 12.3. The molecule has 88 valence electrons. The molecule has 0 saturated carbocycles. The first kappa shape index (κ1) is 12.6. The topological polar surface area (TPSA) is 22.1 Å². The molecular weight excluding hydrogens is 349 g/mol. The van der Waals surface area contributed by atoms with E-state index in [9.17, 15) is 0 Å². The van der Waals surface area contributed by atoms with E-state index in [2.05, 4.69) is 27.6 Å². The molecule has 4 heteroatoms. The average molecular weight is 360 g/mol. The van der Waals surface area contributed by atoms with Crippen LogP contribution in [0.4, 0.5) is 0 Å². The molecular formula is C13H11ClINO. The van der Waals surface area contributed by atoms with Crippen molar-refractivity contribution in [1.29, 1.82) is 0 Å². The normalized spacial score (nSPS) is 10.3. The van der Waals surface area contributed by atoms with Gasteiger partial charge in [-0.15, -0.1) is 11.6 Å². The minimum Gasteiger partial charge on any atom is -0.457 e. The van der Waals surface area contributed by atoms with Gasteiger partial charge < -0.3 is 4.74 Å². The highest BCUT2D eigenvalue weighted by atomic mass is 127. The summed E-state index contributed by atoms with van der Waals surface area (Å²) in [6, 6.07) is 9.79. The van der Waals surface area contributed by atoms with E-state index in [4.69, 9.17) is 16.3 Å². The number of halogens is 2. The Balaban J connectivity index is 2.32. The fourth-order valence-electron chi connectivity index (χ4n) is 1.42. The standard InChI is InChI=1S/C13H11ClINO/c1-9-5-13(10(7-14)8-16-9)17-12-4-2-3-11(15)6-12/h2-6,8H,7H2,1H3. The van der Waals surface area contributed by atoms with Gasteiger partial charge in [0.25, 0.3) is 0 Å². The fraction of sp³-hybridized carbons (Fsp3) is 0.154. The highest BCUT2D eigenvalue weighted by Gasteiger charge is 2.05. The summed E-state index contributed by atoms with van der Waals surface area (Å²) in [5.74, 6) is 1.98. The lowest BCUT2D eigenvalue weighted by Crippen LogP contribution is -1.93. The molecule has 2 rings (SSSR count). The molecule has 0 N–H and O–H groups in total. The van der Waals surface area contributed by atoms with Crippen molar-refractivity contribution in [3.8, 4) is 11.5 Å². The first-order valence-electron chi connectivity index (χ1n) is 5.14. The minimum absolute atomic E-state index is 0.395. The molecule has 2 nitrogen and oxygen atoms in total. The fourth-order valence-corrected chi connectivity index (χ4v) is 2.13. The van der Waals surface area contributed by atoms with E-state index in [0.717, 1.165) is 26.3 Å². The van der Waals surface area contributed by atoms with Gasteiger partial charge in [0.2, 0.25) is 0 Å². The molecule has 0 bridgehead atoms. The summed E-state index contributed by atoms with van der Waals surface area (Å²) in [5, 5.41) is 0. The second-order valence-corrected chi connectivity index (χ2v) is 5.14. The van der Waals surface area contributed by atoms with Crippen LogP contribution in [0.5, 0.6) is 11.5 Å². The number of alkyl halides is 1. The molecule has 1 heterocycles. The summed E-state index contributed by atoms with van der Waals surface area (Å²) >= 11 is 8.11. The SMILES string of the molecule is Cc1cc(Oc2cccc(I)c2)c(CCl)cn1. The predicted molar refractivity (Wildman–Crippen MR) is 77.8 cm³/mol. The van der Waals surface area contributed by atoms with E-state index in [1.807, 2.05) is 37.3 Å². The van der Waals surface area contributed by atoms with Crippen molar-refractivity contribution in [1.82, 2.24) is 4.98 Å². The molecule has 0 aliphatic heterocycles. The van der Waals surface area contributed by atoms with Crippen LogP contribution >= 0.6 is 34.2 Å². The quantitative estimate of drug-likeness (QED) is 0.593. The Kier molecular flexibility index (Phi) is 4.23. The van der Waals surface area contributed by atoms with Crippen molar-refractivity contribution in [2.24, 2.45) is 0 Å². The first-order chi connectivity index (χ1) is 8.19. The lowest BCUT2D eigenvalue weighted by Gasteiger charge is -2.10. The second-order valence-electron chi connectivity index (χ2n) is 3.63. The van der Waals surface area contributed by atoms with Gasteiger partial charge in [-0.25, -0.2) is 0 Å². The molecule has 0 fully saturated rings. The van der Waals surface area contributed by atoms with E-state index >= 15 is 0 Å². The van der Waals surface area contributed by atoms with Crippen LogP contribution in [0.3, 0.4) is 0 Å². The molecule has 0 amide bonds. The van der Waals surface area contributed by atoms with E-state index in [-0.39, 0.29) is 0 Å². The minimum atomic E-state index is 0.395. The van der Waals surface area contributed by atoms with Crippen LogP contribution in [0, 0.1) is 10.5 Å². The Bertz CT molecular complexity index is 531. The molecule has 17 heavy (non-hydrogen) atoms. The number of pyridine rings is 1. The summed E-state index contributed by atoms with van der Waals surface area (Å²) < 4.78 is 6.97. The molecule has 1 aromatic carbocycles. The van der Waals surface area contributed by atoms with Gasteiger partial charge in [0.15, 0.2) is 0 Å². The third kappa shape index (κ3) is 3.33. The van der Waals surface area contributed by atoms with Gasteiger partial charge in [-0.2, -0.15) is 0 Å². The summed E-state index contributed by atoms with van der Waals surface area (Å²) in [4.78, 5) is 4.20. The largest absolute Gasteiger partial charge is 0.457 e. The van der Waals surface area contributed by atoms with E-state index in [0.29, 0.717) is 5.88 Å². The van der Waals surface area contributed by atoms with Crippen molar-refractivity contribution in [2.45, 2.75) is 12.8 Å².